The van der Waals surface area contributed by atoms with E-state index in [1.165, 1.54) is 6.07 Å². The molecule has 4 nitrogen and oxygen atoms in total. The number of carbonyl (C=O) groups excluding carboxylic acids is 1. The molecule has 5 heteroatoms. The van der Waals surface area contributed by atoms with Crippen LogP contribution < -0.4 is 10.5 Å². The second-order valence-electron chi connectivity index (χ2n) is 6.17. The molecule has 2 atom stereocenters. The van der Waals surface area contributed by atoms with Crippen molar-refractivity contribution >= 4 is 5.97 Å². The first-order valence-corrected chi connectivity index (χ1v) is 7.60. The highest BCUT2D eigenvalue weighted by Gasteiger charge is 2.20. The molecule has 22 heavy (non-hydrogen) atoms. The molecular formula is C17H26FNO3. The molecule has 0 heterocycles. The Morgan fingerprint density at radius 2 is 1.86 bits per heavy atom. The summed E-state index contributed by atoms with van der Waals surface area (Å²) >= 11 is 0. The molecule has 2 N–H and O–H groups in total. The van der Waals surface area contributed by atoms with Gasteiger partial charge in [0.1, 0.15) is 18.8 Å². The second kappa shape index (κ2) is 8.13. The minimum Gasteiger partial charge on any atom is -0.484 e. The maximum absolute atomic E-state index is 14.0. The number of benzene rings is 1. The van der Waals surface area contributed by atoms with Gasteiger partial charge >= 0.3 is 5.97 Å². The van der Waals surface area contributed by atoms with Crippen molar-refractivity contribution in [2.45, 2.75) is 52.7 Å². The Morgan fingerprint density at radius 3 is 2.36 bits per heavy atom. The van der Waals surface area contributed by atoms with Crippen molar-refractivity contribution in [2.24, 2.45) is 11.7 Å². The predicted molar refractivity (Wildman–Crippen MR) is 84.4 cm³/mol. The van der Waals surface area contributed by atoms with E-state index in [1.54, 1.807) is 13.0 Å². The fraction of sp³-hybridized carbons (Fsp3) is 0.588. The zero-order valence-corrected chi connectivity index (χ0v) is 13.9. The van der Waals surface area contributed by atoms with Crippen molar-refractivity contribution in [3.05, 3.63) is 29.6 Å². The van der Waals surface area contributed by atoms with Crippen molar-refractivity contribution in [1.29, 1.82) is 0 Å². The van der Waals surface area contributed by atoms with E-state index in [0.29, 0.717) is 0 Å². The molecule has 0 bridgehead atoms. The fourth-order valence-corrected chi connectivity index (χ4v) is 1.79. The van der Waals surface area contributed by atoms with Gasteiger partial charge in [0.25, 0.3) is 0 Å². The average molecular weight is 311 g/mol. The second-order valence-corrected chi connectivity index (χ2v) is 6.17. The van der Waals surface area contributed by atoms with Crippen LogP contribution in [0.15, 0.2) is 18.2 Å². The van der Waals surface area contributed by atoms with E-state index in [0.717, 1.165) is 5.56 Å². The molecule has 0 aliphatic rings. The van der Waals surface area contributed by atoms with Gasteiger partial charge in [0, 0.05) is 0 Å². The van der Waals surface area contributed by atoms with Crippen LogP contribution in [0.3, 0.4) is 0 Å². The number of halogens is 1. The molecule has 1 aromatic carbocycles. The van der Waals surface area contributed by atoms with Gasteiger partial charge in [-0.15, -0.1) is 0 Å². The van der Waals surface area contributed by atoms with E-state index >= 15 is 0 Å². The minimum absolute atomic E-state index is 0.00440. The molecule has 0 saturated heterocycles. The molecule has 0 spiro atoms. The summed E-state index contributed by atoms with van der Waals surface area (Å²) in [6.07, 6.45) is -0.456. The highest BCUT2D eigenvalue weighted by Crippen LogP contribution is 2.23. The first-order valence-electron chi connectivity index (χ1n) is 7.60. The third-order valence-electron chi connectivity index (χ3n) is 3.40. The Morgan fingerprint density at radius 1 is 1.23 bits per heavy atom. The Bertz CT molecular complexity index is 503. The van der Waals surface area contributed by atoms with Crippen molar-refractivity contribution in [3.8, 4) is 5.75 Å². The quantitative estimate of drug-likeness (QED) is 0.785. The Balaban J connectivity index is 2.55. The molecule has 0 fully saturated rings. The number of rotatable bonds is 7. The number of ether oxygens (including phenoxy) is 2. The van der Waals surface area contributed by atoms with Gasteiger partial charge in [-0.2, -0.15) is 0 Å². The maximum atomic E-state index is 14.0. The van der Waals surface area contributed by atoms with E-state index in [9.17, 15) is 9.18 Å². The molecule has 124 valence electrons. The standard InChI is InChI=1S/C17H26FNO3/c1-10(2)13-6-7-15(14(18)8-13)22-12(5)9-21-17(20)16(19)11(3)4/h6-8,10-12,16H,9,19H2,1-5H3/t12-,16?/m1/s1. The molecular weight excluding hydrogens is 285 g/mol. The number of nitrogens with two attached hydrogens (primary N) is 1. The van der Waals surface area contributed by atoms with E-state index in [4.69, 9.17) is 15.2 Å². The zero-order chi connectivity index (χ0) is 16.9. The SMILES string of the molecule is CC(C)c1ccc(O[C@H](C)COC(=O)C(N)C(C)C)c(F)c1. The number of esters is 1. The smallest absolute Gasteiger partial charge is 0.323 e. The van der Waals surface area contributed by atoms with Crippen LogP contribution in [-0.4, -0.2) is 24.7 Å². The van der Waals surface area contributed by atoms with Gasteiger partial charge in [0.2, 0.25) is 0 Å². The Labute approximate surface area is 131 Å². The van der Waals surface area contributed by atoms with Gasteiger partial charge in [-0.3, -0.25) is 4.79 Å². The normalized spacial score (nSPS) is 14.0. The van der Waals surface area contributed by atoms with E-state index in [-0.39, 0.29) is 24.2 Å². The Kier molecular flexibility index (Phi) is 6.81. The number of hydrogen-bond donors (Lipinski definition) is 1. The van der Waals surface area contributed by atoms with Crippen molar-refractivity contribution < 1.29 is 18.7 Å². The molecule has 1 aromatic rings. The molecule has 1 unspecified atom stereocenters. The van der Waals surface area contributed by atoms with Gasteiger partial charge in [-0.05, 0) is 36.5 Å². The maximum Gasteiger partial charge on any atom is 0.323 e. The average Bonchev–Trinajstić information content (AvgIpc) is 2.45. The first-order chi connectivity index (χ1) is 10.2. The van der Waals surface area contributed by atoms with E-state index in [2.05, 4.69) is 0 Å². The molecule has 0 amide bonds. The number of carbonyl (C=O) groups is 1. The summed E-state index contributed by atoms with van der Waals surface area (Å²) in [5.41, 5.74) is 6.60. The van der Waals surface area contributed by atoms with Crippen LogP contribution >= 0.6 is 0 Å². The summed E-state index contributed by atoms with van der Waals surface area (Å²) in [7, 11) is 0. The van der Waals surface area contributed by atoms with Crippen LogP contribution in [0.4, 0.5) is 4.39 Å². The van der Waals surface area contributed by atoms with Crippen molar-refractivity contribution in [3.63, 3.8) is 0 Å². The van der Waals surface area contributed by atoms with Gasteiger partial charge < -0.3 is 15.2 Å². The van der Waals surface area contributed by atoms with Gasteiger partial charge in [0.15, 0.2) is 11.6 Å². The summed E-state index contributed by atoms with van der Waals surface area (Å²) in [5, 5.41) is 0. The molecule has 0 saturated carbocycles. The van der Waals surface area contributed by atoms with Crippen LogP contribution in [-0.2, 0) is 9.53 Å². The third-order valence-corrected chi connectivity index (χ3v) is 3.40. The topological polar surface area (TPSA) is 61.5 Å². The van der Waals surface area contributed by atoms with Gasteiger partial charge in [-0.25, -0.2) is 4.39 Å². The summed E-state index contributed by atoms with van der Waals surface area (Å²) in [6.45, 7) is 9.42. The highest BCUT2D eigenvalue weighted by atomic mass is 19.1. The number of hydrogen-bond acceptors (Lipinski definition) is 4. The van der Waals surface area contributed by atoms with Crippen LogP contribution in [0.25, 0.3) is 0 Å². The van der Waals surface area contributed by atoms with Gasteiger partial charge in [0.05, 0.1) is 0 Å². The lowest BCUT2D eigenvalue weighted by atomic mass is 10.0. The molecule has 0 radical (unpaired) electrons. The van der Waals surface area contributed by atoms with Crippen molar-refractivity contribution in [2.75, 3.05) is 6.61 Å². The monoisotopic (exact) mass is 311 g/mol. The van der Waals surface area contributed by atoms with E-state index < -0.39 is 23.9 Å². The minimum atomic E-state index is -0.658. The molecule has 1 rings (SSSR count). The van der Waals surface area contributed by atoms with Crippen LogP contribution in [0.1, 0.15) is 46.1 Å². The fourth-order valence-electron chi connectivity index (χ4n) is 1.79. The largest absolute Gasteiger partial charge is 0.484 e. The van der Waals surface area contributed by atoms with Crippen LogP contribution in [0.5, 0.6) is 5.75 Å². The summed E-state index contributed by atoms with van der Waals surface area (Å²) in [5.74, 6) is -0.477. The predicted octanol–water partition coefficient (Wildman–Crippen LogP) is 3.24. The summed E-state index contributed by atoms with van der Waals surface area (Å²) in [4.78, 5) is 11.7. The lowest BCUT2D eigenvalue weighted by molar-refractivity contribution is -0.148. The van der Waals surface area contributed by atoms with Crippen LogP contribution in [0, 0.1) is 11.7 Å². The van der Waals surface area contributed by atoms with Crippen LogP contribution in [0.2, 0.25) is 0 Å². The van der Waals surface area contributed by atoms with Crippen molar-refractivity contribution in [1.82, 2.24) is 0 Å². The molecule has 0 aliphatic heterocycles. The summed E-state index contributed by atoms with van der Waals surface area (Å²) < 4.78 is 24.5. The zero-order valence-electron chi connectivity index (χ0n) is 13.9. The summed E-state index contributed by atoms with van der Waals surface area (Å²) in [6, 6.07) is 4.24. The van der Waals surface area contributed by atoms with E-state index in [1.807, 2.05) is 33.8 Å². The molecule has 0 aliphatic carbocycles. The molecule has 0 aromatic heterocycles. The van der Waals surface area contributed by atoms with Gasteiger partial charge in [-0.1, -0.05) is 33.8 Å². The Hall–Kier alpha value is -1.62. The lowest BCUT2D eigenvalue weighted by Crippen LogP contribution is -2.38. The lowest BCUT2D eigenvalue weighted by Gasteiger charge is -2.19. The third kappa shape index (κ3) is 5.30. The first kappa shape index (κ1) is 18.4. The highest BCUT2D eigenvalue weighted by molar-refractivity contribution is 5.75.